The minimum Gasteiger partial charge on any atom is -0.368 e. The summed E-state index contributed by atoms with van der Waals surface area (Å²) >= 11 is 3.37. The smallest absolute Gasteiger partial charge is 0.254 e. The highest BCUT2D eigenvalue weighted by atomic mass is 79.9. The highest BCUT2D eigenvalue weighted by molar-refractivity contribution is 9.10. The van der Waals surface area contributed by atoms with Crippen LogP contribution >= 0.6 is 15.9 Å². The summed E-state index contributed by atoms with van der Waals surface area (Å²) < 4.78 is 0.927. The van der Waals surface area contributed by atoms with Crippen LogP contribution in [-0.4, -0.2) is 29.8 Å². The molecule has 1 aromatic carbocycles. The van der Waals surface area contributed by atoms with E-state index < -0.39 is 5.91 Å². The van der Waals surface area contributed by atoms with Crippen LogP contribution in [0.2, 0.25) is 0 Å². The Kier molecular flexibility index (Phi) is 6.02. The molecule has 0 fully saturated rings. The van der Waals surface area contributed by atoms with Crippen molar-refractivity contribution in [2.45, 2.75) is 26.7 Å². The van der Waals surface area contributed by atoms with Crippen molar-refractivity contribution in [2.75, 3.05) is 13.1 Å². The Bertz CT molecular complexity index is 475. The average molecular weight is 327 g/mol. The fraction of sp³-hybridized carbons (Fsp3) is 0.429. The SMILES string of the molecule is CCCCN(CC(N)=O)C(=O)c1ccc(Br)cc1C. The van der Waals surface area contributed by atoms with Crippen LogP contribution in [0, 0.1) is 6.92 Å². The third-order valence-corrected chi connectivity index (χ3v) is 3.33. The first-order valence-corrected chi connectivity index (χ1v) is 7.08. The second-order valence-electron chi connectivity index (χ2n) is 4.51. The molecule has 0 heterocycles. The number of rotatable bonds is 6. The van der Waals surface area contributed by atoms with Crippen molar-refractivity contribution >= 4 is 27.7 Å². The Labute approximate surface area is 122 Å². The maximum Gasteiger partial charge on any atom is 0.254 e. The van der Waals surface area contributed by atoms with Gasteiger partial charge in [0.05, 0.1) is 6.54 Å². The topological polar surface area (TPSA) is 63.4 Å². The summed E-state index contributed by atoms with van der Waals surface area (Å²) in [5.74, 6) is -0.628. The van der Waals surface area contributed by atoms with Gasteiger partial charge in [0.1, 0.15) is 0 Å². The Morgan fingerprint density at radius 2 is 2.05 bits per heavy atom. The van der Waals surface area contributed by atoms with Gasteiger partial charge in [-0.25, -0.2) is 0 Å². The van der Waals surface area contributed by atoms with Crippen LogP contribution in [0.1, 0.15) is 35.7 Å². The number of halogens is 1. The number of carbonyl (C=O) groups is 2. The lowest BCUT2D eigenvalue weighted by atomic mass is 10.1. The van der Waals surface area contributed by atoms with Crippen LogP contribution in [0.15, 0.2) is 22.7 Å². The largest absolute Gasteiger partial charge is 0.368 e. The van der Waals surface area contributed by atoms with Gasteiger partial charge in [0, 0.05) is 16.6 Å². The average Bonchev–Trinajstić information content (AvgIpc) is 2.33. The molecule has 0 aliphatic carbocycles. The molecule has 0 saturated carbocycles. The van der Waals surface area contributed by atoms with Crippen molar-refractivity contribution in [3.05, 3.63) is 33.8 Å². The molecular weight excluding hydrogens is 308 g/mol. The summed E-state index contributed by atoms with van der Waals surface area (Å²) in [4.78, 5) is 25.0. The molecule has 5 heteroatoms. The second kappa shape index (κ2) is 7.28. The van der Waals surface area contributed by atoms with Gasteiger partial charge in [-0.3, -0.25) is 9.59 Å². The van der Waals surface area contributed by atoms with Gasteiger partial charge in [-0.15, -0.1) is 0 Å². The summed E-state index contributed by atoms with van der Waals surface area (Å²) in [6.45, 7) is 4.43. The lowest BCUT2D eigenvalue weighted by Crippen LogP contribution is -2.39. The molecule has 2 amide bonds. The number of primary amides is 1. The maximum absolute atomic E-state index is 12.4. The first kappa shape index (κ1) is 15.7. The molecule has 1 aromatic rings. The van der Waals surface area contributed by atoms with E-state index in [1.54, 1.807) is 6.07 Å². The second-order valence-corrected chi connectivity index (χ2v) is 5.42. The molecule has 0 aliphatic heterocycles. The summed E-state index contributed by atoms with van der Waals surface area (Å²) in [5, 5.41) is 0. The molecule has 1 rings (SSSR count). The lowest BCUT2D eigenvalue weighted by molar-refractivity contribution is -0.118. The van der Waals surface area contributed by atoms with Gasteiger partial charge in [0.2, 0.25) is 5.91 Å². The number of hydrogen-bond donors (Lipinski definition) is 1. The third-order valence-electron chi connectivity index (χ3n) is 2.83. The summed E-state index contributed by atoms with van der Waals surface area (Å²) in [6.07, 6.45) is 1.82. The van der Waals surface area contributed by atoms with Gasteiger partial charge in [-0.1, -0.05) is 29.3 Å². The standard InChI is InChI=1S/C14H19BrN2O2/c1-3-4-7-17(9-13(16)18)14(19)12-6-5-11(15)8-10(12)2/h5-6,8H,3-4,7,9H2,1-2H3,(H2,16,18). The van der Waals surface area contributed by atoms with E-state index in [2.05, 4.69) is 15.9 Å². The van der Waals surface area contributed by atoms with E-state index in [4.69, 9.17) is 5.73 Å². The van der Waals surface area contributed by atoms with Gasteiger partial charge >= 0.3 is 0 Å². The molecule has 0 aliphatic rings. The van der Waals surface area contributed by atoms with Crippen LogP contribution in [0.25, 0.3) is 0 Å². The normalized spacial score (nSPS) is 10.3. The van der Waals surface area contributed by atoms with Gasteiger partial charge in [0.25, 0.3) is 5.91 Å². The number of aryl methyl sites for hydroxylation is 1. The van der Waals surface area contributed by atoms with Crippen molar-refractivity contribution in [1.29, 1.82) is 0 Å². The van der Waals surface area contributed by atoms with Crippen molar-refractivity contribution in [3.8, 4) is 0 Å². The Morgan fingerprint density at radius 3 is 2.58 bits per heavy atom. The lowest BCUT2D eigenvalue weighted by Gasteiger charge is -2.22. The zero-order valence-electron chi connectivity index (χ0n) is 11.3. The maximum atomic E-state index is 12.4. The highest BCUT2D eigenvalue weighted by Gasteiger charge is 2.18. The van der Waals surface area contributed by atoms with Crippen LogP contribution in [0.3, 0.4) is 0 Å². The zero-order valence-corrected chi connectivity index (χ0v) is 12.9. The third kappa shape index (κ3) is 4.67. The van der Waals surface area contributed by atoms with E-state index in [9.17, 15) is 9.59 Å². The number of benzene rings is 1. The number of amides is 2. The predicted molar refractivity (Wildman–Crippen MR) is 78.9 cm³/mol. The number of carbonyl (C=O) groups excluding carboxylic acids is 2. The minimum absolute atomic E-state index is 0.0334. The number of nitrogens with zero attached hydrogens (tertiary/aromatic N) is 1. The molecule has 0 spiro atoms. The van der Waals surface area contributed by atoms with Gasteiger partial charge in [-0.2, -0.15) is 0 Å². The van der Waals surface area contributed by atoms with Crippen LogP contribution < -0.4 is 5.73 Å². The van der Waals surface area contributed by atoms with Crippen molar-refractivity contribution in [2.24, 2.45) is 5.73 Å². The quantitative estimate of drug-likeness (QED) is 0.872. The van der Waals surface area contributed by atoms with E-state index in [-0.39, 0.29) is 12.5 Å². The number of nitrogens with two attached hydrogens (primary N) is 1. The molecule has 4 nitrogen and oxygen atoms in total. The fourth-order valence-corrected chi connectivity index (χ4v) is 2.30. The minimum atomic E-state index is -0.487. The van der Waals surface area contributed by atoms with E-state index in [0.29, 0.717) is 12.1 Å². The van der Waals surface area contributed by atoms with Crippen LogP contribution in [-0.2, 0) is 4.79 Å². The van der Waals surface area contributed by atoms with E-state index in [1.165, 1.54) is 4.90 Å². The monoisotopic (exact) mass is 326 g/mol. The molecule has 0 saturated heterocycles. The van der Waals surface area contributed by atoms with Crippen LogP contribution in [0.4, 0.5) is 0 Å². The molecule has 0 atom stereocenters. The number of hydrogen-bond acceptors (Lipinski definition) is 2. The molecule has 0 bridgehead atoms. The van der Waals surface area contributed by atoms with Gasteiger partial charge in [-0.05, 0) is 37.1 Å². The molecule has 0 unspecified atom stereocenters. The first-order valence-electron chi connectivity index (χ1n) is 6.29. The molecule has 2 N–H and O–H groups in total. The Hall–Kier alpha value is -1.36. The fourth-order valence-electron chi connectivity index (χ4n) is 1.83. The molecular formula is C14H19BrN2O2. The van der Waals surface area contributed by atoms with E-state index >= 15 is 0 Å². The van der Waals surface area contributed by atoms with E-state index in [1.807, 2.05) is 26.0 Å². The van der Waals surface area contributed by atoms with Crippen molar-refractivity contribution in [3.63, 3.8) is 0 Å². The van der Waals surface area contributed by atoms with Crippen LogP contribution in [0.5, 0.6) is 0 Å². The summed E-state index contributed by atoms with van der Waals surface area (Å²) in [6, 6.07) is 5.47. The Morgan fingerprint density at radius 1 is 1.37 bits per heavy atom. The summed E-state index contributed by atoms with van der Waals surface area (Å²) in [5.41, 5.74) is 6.69. The molecule has 19 heavy (non-hydrogen) atoms. The molecule has 0 aromatic heterocycles. The zero-order chi connectivity index (χ0) is 14.4. The highest BCUT2D eigenvalue weighted by Crippen LogP contribution is 2.17. The van der Waals surface area contributed by atoms with Crippen molar-refractivity contribution in [1.82, 2.24) is 4.90 Å². The predicted octanol–water partition coefficient (Wildman–Crippen LogP) is 2.49. The Balaban J connectivity index is 2.93. The number of unbranched alkanes of at least 4 members (excludes halogenated alkanes) is 1. The van der Waals surface area contributed by atoms with Gasteiger partial charge in [0.15, 0.2) is 0 Å². The first-order chi connectivity index (χ1) is 8.95. The van der Waals surface area contributed by atoms with Crippen molar-refractivity contribution < 1.29 is 9.59 Å². The van der Waals surface area contributed by atoms with E-state index in [0.717, 1.165) is 22.9 Å². The molecule has 0 radical (unpaired) electrons. The summed E-state index contributed by atoms with van der Waals surface area (Å²) in [7, 11) is 0. The van der Waals surface area contributed by atoms with Gasteiger partial charge < -0.3 is 10.6 Å². The molecule has 104 valence electrons.